The van der Waals surface area contributed by atoms with Crippen LogP contribution in [0.2, 0.25) is 0 Å². The molecule has 1 aliphatic rings. The van der Waals surface area contributed by atoms with E-state index in [1.54, 1.807) is 0 Å². The number of rotatable bonds is 3. The van der Waals surface area contributed by atoms with Crippen molar-refractivity contribution >= 4 is 5.69 Å². The number of nitrogens with zero attached hydrogens (tertiary/aromatic N) is 1. The van der Waals surface area contributed by atoms with Gasteiger partial charge in [-0.15, -0.1) is 0 Å². The van der Waals surface area contributed by atoms with Crippen LogP contribution in [0.4, 0.5) is 23.2 Å². The van der Waals surface area contributed by atoms with Crippen LogP contribution in [-0.4, -0.2) is 13.1 Å². The molecule has 0 N–H and O–H groups in total. The average molecular weight is 313 g/mol. The van der Waals surface area contributed by atoms with Gasteiger partial charge in [0.25, 0.3) is 0 Å². The fourth-order valence-electron chi connectivity index (χ4n) is 2.54. The van der Waals surface area contributed by atoms with Gasteiger partial charge in [-0.05, 0) is 25.7 Å². The number of anilines is 1. The van der Waals surface area contributed by atoms with E-state index in [2.05, 4.69) is 11.8 Å². The molecule has 0 amide bonds. The lowest BCUT2D eigenvalue weighted by Crippen LogP contribution is -2.31. The second kappa shape index (κ2) is 7.53. The van der Waals surface area contributed by atoms with Crippen molar-refractivity contribution in [2.45, 2.75) is 45.4 Å². The minimum atomic E-state index is -1.40. The van der Waals surface area contributed by atoms with Crippen molar-refractivity contribution in [3.05, 3.63) is 28.8 Å². The van der Waals surface area contributed by atoms with Crippen molar-refractivity contribution in [1.29, 1.82) is 0 Å². The molecule has 0 aliphatic carbocycles. The van der Waals surface area contributed by atoms with Crippen molar-refractivity contribution in [2.24, 2.45) is 0 Å². The molecule has 0 spiro atoms. The highest BCUT2D eigenvalue weighted by Gasteiger charge is 2.28. The Morgan fingerprint density at radius 2 is 1.50 bits per heavy atom. The van der Waals surface area contributed by atoms with Crippen molar-refractivity contribution in [1.82, 2.24) is 0 Å². The summed E-state index contributed by atoms with van der Waals surface area (Å²) in [5.41, 5.74) is -1.42. The molecule has 5 heteroatoms. The normalized spacial score (nSPS) is 14.7. The van der Waals surface area contributed by atoms with Gasteiger partial charge in [-0.25, -0.2) is 17.6 Å². The molecule has 120 valence electrons. The lowest BCUT2D eigenvalue weighted by atomic mass is 10.1. The first-order valence-corrected chi connectivity index (χ1v) is 7.67. The van der Waals surface area contributed by atoms with Gasteiger partial charge in [0.2, 0.25) is 0 Å². The molecule has 0 bridgehead atoms. The SMILES string of the molecule is CCCCC#Cc1c(F)c(F)c(N2CCCCC2)c(F)c1F. The first-order valence-electron chi connectivity index (χ1n) is 7.67. The molecule has 0 atom stereocenters. The number of piperidine rings is 1. The topological polar surface area (TPSA) is 3.24 Å². The summed E-state index contributed by atoms with van der Waals surface area (Å²) in [5, 5.41) is 0. The Morgan fingerprint density at radius 1 is 0.909 bits per heavy atom. The molecule has 1 heterocycles. The van der Waals surface area contributed by atoms with E-state index in [-0.39, 0.29) is 0 Å². The first kappa shape index (κ1) is 16.7. The summed E-state index contributed by atoms with van der Waals surface area (Å²) in [7, 11) is 0. The molecular formula is C17H19F4N. The Bertz CT molecular complexity index is 566. The third-order valence-corrected chi connectivity index (χ3v) is 3.78. The van der Waals surface area contributed by atoms with Gasteiger partial charge in [0.05, 0.1) is 0 Å². The van der Waals surface area contributed by atoms with Gasteiger partial charge in [-0.2, -0.15) is 0 Å². The van der Waals surface area contributed by atoms with Crippen LogP contribution in [0.25, 0.3) is 0 Å². The minimum absolute atomic E-state index is 0.397. The number of halogens is 4. The average Bonchev–Trinajstić information content (AvgIpc) is 2.53. The van der Waals surface area contributed by atoms with Crippen LogP contribution in [0.5, 0.6) is 0 Å². The van der Waals surface area contributed by atoms with E-state index in [0.29, 0.717) is 19.5 Å². The zero-order valence-electron chi connectivity index (χ0n) is 12.6. The molecule has 0 aromatic heterocycles. The molecular weight excluding hydrogens is 294 g/mol. The number of hydrogen-bond donors (Lipinski definition) is 0. The molecule has 0 radical (unpaired) electrons. The third kappa shape index (κ3) is 3.37. The zero-order valence-corrected chi connectivity index (χ0v) is 12.6. The Hall–Kier alpha value is -1.70. The van der Waals surface area contributed by atoms with Crippen LogP contribution >= 0.6 is 0 Å². The quantitative estimate of drug-likeness (QED) is 0.336. The van der Waals surface area contributed by atoms with Crippen molar-refractivity contribution < 1.29 is 17.6 Å². The number of unbranched alkanes of at least 4 members (excludes halogenated alkanes) is 2. The van der Waals surface area contributed by atoms with Crippen molar-refractivity contribution in [3.8, 4) is 11.8 Å². The molecule has 2 rings (SSSR count). The lowest BCUT2D eigenvalue weighted by molar-refractivity contribution is 0.442. The number of hydrogen-bond acceptors (Lipinski definition) is 1. The molecule has 1 aromatic rings. The summed E-state index contributed by atoms with van der Waals surface area (Å²) in [6.45, 7) is 2.75. The summed E-state index contributed by atoms with van der Waals surface area (Å²) >= 11 is 0. The monoisotopic (exact) mass is 313 g/mol. The highest BCUT2D eigenvalue weighted by atomic mass is 19.2. The smallest absolute Gasteiger partial charge is 0.186 e. The van der Waals surface area contributed by atoms with Crippen molar-refractivity contribution in [2.75, 3.05) is 18.0 Å². The highest BCUT2D eigenvalue weighted by molar-refractivity contribution is 5.55. The van der Waals surface area contributed by atoms with E-state index in [9.17, 15) is 17.6 Å². The predicted molar refractivity (Wildman–Crippen MR) is 78.7 cm³/mol. The van der Waals surface area contributed by atoms with Gasteiger partial charge >= 0.3 is 0 Å². The third-order valence-electron chi connectivity index (χ3n) is 3.78. The Balaban J connectivity index is 2.40. The molecule has 1 aromatic carbocycles. The standard InChI is InChI=1S/C17H19F4N/c1-2-3-4-6-9-12-13(18)15(20)17(16(21)14(12)19)22-10-7-5-8-11-22/h2-5,7-8,10-11H2,1H3. The molecule has 1 fully saturated rings. The Kier molecular flexibility index (Phi) is 5.70. The van der Waals surface area contributed by atoms with Crippen molar-refractivity contribution in [3.63, 3.8) is 0 Å². The zero-order chi connectivity index (χ0) is 16.1. The molecule has 0 saturated carbocycles. The van der Waals surface area contributed by atoms with Crippen LogP contribution in [0.3, 0.4) is 0 Å². The summed E-state index contributed by atoms with van der Waals surface area (Å²) in [5.74, 6) is -0.702. The summed E-state index contributed by atoms with van der Waals surface area (Å²) in [6.07, 6.45) is 4.54. The number of benzene rings is 1. The van der Waals surface area contributed by atoms with Gasteiger partial charge in [-0.3, -0.25) is 0 Å². The van der Waals surface area contributed by atoms with Crippen LogP contribution in [0.1, 0.15) is 51.0 Å². The maximum absolute atomic E-state index is 14.2. The van der Waals surface area contributed by atoms with E-state index in [0.717, 1.165) is 32.1 Å². The van der Waals surface area contributed by atoms with Gasteiger partial charge < -0.3 is 4.90 Å². The molecule has 1 nitrogen and oxygen atoms in total. The molecule has 1 aliphatic heterocycles. The summed E-state index contributed by atoms with van der Waals surface area (Å²) < 4.78 is 56.5. The van der Waals surface area contributed by atoms with Crippen LogP contribution in [-0.2, 0) is 0 Å². The second-order valence-corrected chi connectivity index (χ2v) is 5.43. The fourth-order valence-corrected chi connectivity index (χ4v) is 2.54. The van der Waals surface area contributed by atoms with Gasteiger partial charge in [0, 0.05) is 19.5 Å². The first-order chi connectivity index (χ1) is 10.6. The van der Waals surface area contributed by atoms with E-state index in [1.165, 1.54) is 4.90 Å². The van der Waals surface area contributed by atoms with Crippen LogP contribution in [0, 0.1) is 35.1 Å². The summed E-state index contributed by atoms with van der Waals surface area (Å²) in [4.78, 5) is 1.37. The molecule has 22 heavy (non-hydrogen) atoms. The molecule has 0 unspecified atom stereocenters. The molecule has 1 saturated heterocycles. The highest BCUT2D eigenvalue weighted by Crippen LogP contribution is 2.32. The van der Waals surface area contributed by atoms with E-state index in [4.69, 9.17) is 0 Å². The second-order valence-electron chi connectivity index (χ2n) is 5.43. The predicted octanol–water partition coefficient (Wildman–Crippen LogP) is 4.78. The van der Waals surface area contributed by atoms with E-state index in [1.807, 2.05) is 6.92 Å². The maximum atomic E-state index is 14.2. The van der Waals surface area contributed by atoms with Gasteiger partial charge in [-0.1, -0.05) is 25.2 Å². The Labute approximate surface area is 128 Å². The van der Waals surface area contributed by atoms with E-state index < -0.39 is 34.5 Å². The fraction of sp³-hybridized carbons (Fsp3) is 0.529. The summed E-state index contributed by atoms with van der Waals surface area (Å²) in [6, 6.07) is 0. The van der Waals surface area contributed by atoms with Crippen LogP contribution in [0.15, 0.2) is 0 Å². The largest absolute Gasteiger partial charge is 0.367 e. The maximum Gasteiger partial charge on any atom is 0.186 e. The minimum Gasteiger partial charge on any atom is -0.367 e. The Morgan fingerprint density at radius 3 is 2.05 bits per heavy atom. The van der Waals surface area contributed by atoms with E-state index >= 15 is 0 Å². The van der Waals surface area contributed by atoms with Gasteiger partial charge in [0.1, 0.15) is 11.3 Å². The van der Waals surface area contributed by atoms with Gasteiger partial charge in [0.15, 0.2) is 23.3 Å². The van der Waals surface area contributed by atoms with Crippen LogP contribution < -0.4 is 4.90 Å². The lowest BCUT2D eigenvalue weighted by Gasteiger charge is -2.29.